The smallest absolute Gasteiger partial charge is 0.305 e. The molecule has 0 radical (unpaired) electrons. The average Bonchev–Trinajstić information content (AvgIpc) is 2.86. The summed E-state index contributed by atoms with van der Waals surface area (Å²) >= 11 is 5.87. The molecule has 190 valence electrons. The Labute approximate surface area is 210 Å². The maximum atomic E-state index is 13.1. The molecule has 2 N–H and O–H groups in total. The van der Waals surface area contributed by atoms with Gasteiger partial charge in [-0.25, -0.2) is 8.42 Å². The predicted molar refractivity (Wildman–Crippen MR) is 131 cm³/mol. The Kier molecular flexibility index (Phi) is 10.1. The van der Waals surface area contributed by atoms with Crippen LogP contribution in [0.5, 0.6) is 0 Å². The van der Waals surface area contributed by atoms with Gasteiger partial charge in [0.1, 0.15) is 6.04 Å². The van der Waals surface area contributed by atoms with E-state index >= 15 is 0 Å². The fourth-order valence-electron chi connectivity index (χ4n) is 3.46. The molecular weight excluding hydrogens is 496 g/mol. The highest BCUT2D eigenvalue weighted by Gasteiger charge is 2.28. The van der Waals surface area contributed by atoms with Crippen LogP contribution in [0.3, 0.4) is 0 Å². The second-order valence-corrected chi connectivity index (χ2v) is 10.2. The zero-order chi connectivity index (χ0) is 25.3. The van der Waals surface area contributed by atoms with Crippen LogP contribution in [0.15, 0.2) is 53.4 Å². The Hall–Kier alpha value is -2.50. The van der Waals surface area contributed by atoms with E-state index in [9.17, 15) is 18.0 Å². The molecule has 0 aromatic heterocycles. The number of ether oxygens (including phenoxy) is 3. The van der Waals surface area contributed by atoms with Crippen LogP contribution in [0.1, 0.15) is 31.2 Å². The second-order valence-electron chi connectivity index (χ2n) is 8.02. The van der Waals surface area contributed by atoms with Crippen molar-refractivity contribution in [1.29, 1.82) is 0 Å². The number of aryl methyl sites for hydroxylation is 1. The van der Waals surface area contributed by atoms with Crippen molar-refractivity contribution in [2.45, 2.75) is 49.3 Å². The Morgan fingerprint density at radius 1 is 1.17 bits per heavy atom. The lowest BCUT2D eigenvalue weighted by Gasteiger charge is -2.25. The van der Waals surface area contributed by atoms with E-state index in [2.05, 4.69) is 14.8 Å². The summed E-state index contributed by atoms with van der Waals surface area (Å²) in [5, 5.41) is 3.12. The van der Waals surface area contributed by atoms with E-state index in [1.165, 1.54) is 31.4 Å². The van der Waals surface area contributed by atoms with Crippen molar-refractivity contribution in [1.82, 2.24) is 4.72 Å². The van der Waals surface area contributed by atoms with Gasteiger partial charge in [-0.15, -0.1) is 0 Å². The molecule has 9 nitrogen and oxygen atoms in total. The van der Waals surface area contributed by atoms with Gasteiger partial charge in [-0.2, -0.15) is 4.72 Å². The number of hydrogen-bond acceptors (Lipinski definition) is 7. The minimum Gasteiger partial charge on any atom is -0.469 e. The molecule has 0 spiro atoms. The van der Waals surface area contributed by atoms with Crippen molar-refractivity contribution < 1.29 is 32.2 Å². The Bertz CT molecular complexity index is 1100. The standard InChI is InChI=1S/C24H29ClN2O7S/c1-32-22(28)13-8-17-5-4-6-19(15-17)26-24(29)21(16-34-23-7-2-3-14-33-23)27-35(30,31)20-11-9-18(25)10-12-20/h4-6,9-12,15,21,23,27H,2-3,7-8,13-14,16H2,1H3,(H,26,29)/t21-,23?/m0/s1. The molecule has 11 heteroatoms. The molecule has 0 aliphatic carbocycles. The van der Waals surface area contributed by atoms with Gasteiger partial charge < -0.3 is 19.5 Å². The number of methoxy groups -OCH3 is 1. The first-order valence-electron chi connectivity index (χ1n) is 11.2. The fourth-order valence-corrected chi connectivity index (χ4v) is 4.77. The minimum atomic E-state index is -4.04. The normalized spacial score (nSPS) is 16.9. The van der Waals surface area contributed by atoms with E-state index < -0.39 is 28.3 Å². The molecule has 1 fully saturated rings. The number of sulfonamides is 1. The van der Waals surface area contributed by atoms with Crippen LogP contribution in [-0.2, 0) is 40.2 Å². The first-order chi connectivity index (χ1) is 16.8. The molecule has 1 heterocycles. The molecule has 2 aromatic rings. The highest BCUT2D eigenvalue weighted by Crippen LogP contribution is 2.18. The van der Waals surface area contributed by atoms with Gasteiger partial charge in [0.2, 0.25) is 15.9 Å². The predicted octanol–water partition coefficient (Wildman–Crippen LogP) is 3.27. The van der Waals surface area contributed by atoms with Crippen LogP contribution in [0.25, 0.3) is 0 Å². The lowest BCUT2D eigenvalue weighted by atomic mass is 10.1. The van der Waals surface area contributed by atoms with Crippen molar-refractivity contribution >= 4 is 39.2 Å². The van der Waals surface area contributed by atoms with Crippen LogP contribution in [0, 0.1) is 0 Å². The minimum absolute atomic E-state index is 0.0292. The van der Waals surface area contributed by atoms with Gasteiger partial charge in [-0.1, -0.05) is 23.7 Å². The lowest BCUT2D eigenvalue weighted by Crippen LogP contribution is -2.47. The molecule has 1 amide bonds. The molecule has 1 aliphatic rings. The first-order valence-corrected chi connectivity index (χ1v) is 13.1. The quantitative estimate of drug-likeness (QED) is 0.433. The van der Waals surface area contributed by atoms with Crippen molar-refractivity contribution in [3.05, 3.63) is 59.1 Å². The average molecular weight is 525 g/mol. The van der Waals surface area contributed by atoms with Crippen LogP contribution < -0.4 is 10.0 Å². The van der Waals surface area contributed by atoms with Gasteiger partial charge in [0.15, 0.2) is 6.29 Å². The summed E-state index contributed by atoms with van der Waals surface area (Å²) in [6, 6.07) is 11.4. The maximum absolute atomic E-state index is 13.1. The van der Waals surface area contributed by atoms with E-state index in [-0.39, 0.29) is 23.9 Å². The van der Waals surface area contributed by atoms with Gasteiger partial charge in [-0.3, -0.25) is 9.59 Å². The van der Waals surface area contributed by atoms with Crippen LogP contribution >= 0.6 is 11.6 Å². The zero-order valence-electron chi connectivity index (χ0n) is 19.4. The number of benzene rings is 2. The molecule has 1 aliphatic heterocycles. The number of esters is 1. The van der Waals surface area contributed by atoms with E-state index in [0.29, 0.717) is 30.2 Å². The van der Waals surface area contributed by atoms with Crippen molar-refractivity contribution in [3.63, 3.8) is 0 Å². The van der Waals surface area contributed by atoms with Crippen molar-refractivity contribution in [2.24, 2.45) is 0 Å². The largest absolute Gasteiger partial charge is 0.469 e. The molecule has 0 saturated carbocycles. The third kappa shape index (κ3) is 8.59. The Morgan fingerprint density at radius 2 is 1.94 bits per heavy atom. The fraction of sp³-hybridized carbons (Fsp3) is 0.417. The lowest BCUT2D eigenvalue weighted by molar-refractivity contribution is -0.166. The van der Waals surface area contributed by atoms with Gasteiger partial charge in [0.05, 0.1) is 18.6 Å². The molecule has 0 bridgehead atoms. The van der Waals surface area contributed by atoms with Crippen LogP contribution in [-0.4, -0.2) is 52.9 Å². The molecular formula is C24H29ClN2O7S. The summed E-state index contributed by atoms with van der Waals surface area (Å²) in [5.74, 6) is -0.929. The number of carbonyl (C=O) groups excluding carboxylic acids is 2. The number of nitrogens with one attached hydrogen (secondary N) is 2. The summed E-state index contributed by atoms with van der Waals surface area (Å²) in [5.41, 5.74) is 1.28. The number of hydrogen-bond donors (Lipinski definition) is 2. The number of carbonyl (C=O) groups is 2. The number of amides is 1. The topological polar surface area (TPSA) is 120 Å². The first kappa shape index (κ1) is 27.1. The van der Waals surface area contributed by atoms with E-state index in [1.54, 1.807) is 18.2 Å². The van der Waals surface area contributed by atoms with Crippen LogP contribution in [0.4, 0.5) is 5.69 Å². The number of anilines is 1. The summed E-state index contributed by atoms with van der Waals surface area (Å²) < 4.78 is 44.2. The van der Waals surface area contributed by atoms with Gasteiger partial charge in [0.25, 0.3) is 0 Å². The van der Waals surface area contributed by atoms with Crippen LogP contribution in [0.2, 0.25) is 5.02 Å². The Balaban J connectivity index is 1.72. The van der Waals surface area contributed by atoms with Gasteiger partial charge in [-0.05, 0) is 67.6 Å². The maximum Gasteiger partial charge on any atom is 0.305 e. The summed E-state index contributed by atoms with van der Waals surface area (Å²) in [6.07, 6.45) is 2.66. The molecule has 3 rings (SSSR count). The monoisotopic (exact) mass is 524 g/mol. The van der Waals surface area contributed by atoms with Gasteiger partial charge >= 0.3 is 5.97 Å². The van der Waals surface area contributed by atoms with Gasteiger partial charge in [0, 0.05) is 23.7 Å². The summed E-state index contributed by atoms with van der Waals surface area (Å²) in [7, 11) is -2.71. The molecule has 35 heavy (non-hydrogen) atoms. The molecule has 2 aromatic carbocycles. The summed E-state index contributed by atoms with van der Waals surface area (Å²) in [6.45, 7) is 0.335. The SMILES string of the molecule is COC(=O)CCc1cccc(NC(=O)[C@H](COC2CCCCO2)NS(=O)(=O)c2ccc(Cl)cc2)c1. The van der Waals surface area contributed by atoms with E-state index in [1.807, 2.05) is 6.07 Å². The molecule has 1 unspecified atom stereocenters. The molecule has 1 saturated heterocycles. The van der Waals surface area contributed by atoms with E-state index in [0.717, 1.165) is 18.4 Å². The molecule has 2 atom stereocenters. The third-order valence-corrected chi connectivity index (χ3v) is 7.10. The summed E-state index contributed by atoms with van der Waals surface area (Å²) in [4.78, 5) is 24.5. The zero-order valence-corrected chi connectivity index (χ0v) is 20.9. The highest BCUT2D eigenvalue weighted by molar-refractivity contribution is 7.89. The van der Waals surface area contributed by atoms with Crippen molar-refractivity contribution in [2.75, 3.05) is 25.6 Å². The second kappa shape index (κ2) is 13.0. The van der Waals surface area contributed by atoms with Crippen molar-refractivity contribution in [3.8, 4) is 0 Å². The highest BCUT2D eigenvalue weighted by atomic mass is 35.5. The van der Waals surface area contributed by atoms with E-state index in [4.69, 9.17) is 21.1 Å². The number of halogens is 1. The number of rotatable bonds is 11. The third-order valence-electron chi connectivity index (χ3n) is 5.36. The Morgan fingerprint density at radius 3 is 2.63 bits per heavy atom.